The van der Waals surface area contributed by atoms with Gasteiger partial charge in [0.2, 0.25) is 0 Å². The first-order chi connectivity index (χ1) is 12.8. The van der Waals surface area contributed by atoms with Crippen molar-refractivity contribution in [3.8, 4) is 0 Å². The van der Waals surface area contributed by atoms with Crippen LogP contribution in [0.4, 0.5) is 0 Å². The van der Waals surface area contributed by atoms with Crippen molar-refractivity contribution in [2.45, 2.75) is 90.6 Å². The van der Waals surface area contributed by atoms with E-state index in [4.69, 9.17) is 11.6 Å². The first kappa shape index (κ1) is 20.7. The molecular formula is C24H37ClN2. The lowest BCUT2D eigenvalue weighted by Gasteiger charge is -2.42. The van der Waals surface area contributed by atoms with E-state index in [0.717, 1.165) is 11.4 Å². The van der Waals surface area contributed by atoms with Gasteiger partial charge in [0, 0.05) is 35.9 Å². The average Bonchev–Trinajstić information content (AvgIpc) is 2.58. The van der Waals surface area contributed by atoms with E-state index in [1.165, 1.54) is 62.0 Å². The number of halogens is 1. The normalized spacial score (nSPS) is 20.3. The van der Waals surface area contributed by atoms with Crippen LogP contribution >= 0.6 is 11.6 Å². The largest absolute Gasteiger partial charge is 0.382 e. The SMILES string of the molecule is CCC(C)c1cccc(Cl)c1C(NC1CCN(C(C)(C)C)CC1)=C1CCC1. The molecule has 2 aliphatic rings. The van der Waals surface area contributed by atoms with Crippen molar-refractivity contribution >= 4 is 17.3 Å². The fraction of sp³-hybridized carbons (Fsp3) is 0.667. The van der Waals surface area contributed by atoms with Crippen LogP contribution in [-0.2, 0) is 0 Å². The molecular weight excluding hydrogens is 352 g/mol. The number of benzene rings is 1. The van der Waals surface area contributed by atoms with Crippen molar-refractivity contribution in [3.05, 3.63) is 39.9 Å². The molecule has 0 bridgehead atoms. The third-order valence-electron chi connectivity index (χ3n) is 6.54. The standard InChI is InChI=1S/C24H37ClN2/c1-6-17(2)20-11-8-12-21(25)22(20)23(18-9-7-10-18)26-19-13-15-27(16-14-19)24(3,4)5/h8,11-12,17,19,26H,6-7,9-10,13-16H2,1-5H3. The number of hydrogen-bond donors (Lipinski definition) is 1. The summed E-state index contributed by atoms with van der Waals surface area (Å²) >= 11 is 6.77. The third kappa shape index (κ3) is 4.71. The first-order valence-corrected chi connectivity index (χ1v) is 11.2. The first-order valence-electron chi connectivity index (χ1n) is 10.8. The van der Waals surface area contributed by atoms with E-state index >= 15 is 0 Å². The van der Waals surface area contributed by atoms with Crippen molar-refractivity contribution in [2.24, 2.45) is 0 Å². The molecule has 27 heavy (non-hydrogen) atoms. The van der Waals surface area contributed by atoms with Crippen LogP contribution in [0.1, 0.15) is 90.2 Å². The van der Waals surface area contributed by atoms with Gasteiger partial charge in [-0.15, -0.1) is 0 Å². The molecule has 1 N–H and O–H groups in total. The minimum atomic E-state index is 0.271. The van der Waals surface area contributed by atoms with E-state index in [2.05, 4.69) is 63.0 Å². The number of allylic oxidation sites excluding steroid dienone is 1. The van der Waals surface area contributed by atoms with Crippen LogP contribution in [-0.4, -0.2) is 29.6 Å². The predicted octanol–water partition coefficient (Wildman–Crippen LogP) is 6.60. The van der Waals surface area contributed by atoms with Gasteiger partial charge < -0.3 is 5.32 Å². The second-order valence-corrected chi connectivity index (χ2v) is 9.83. The highest BCUT2D eigenvalue weighted by molar-refractivity contribution is 6.32. The Morgan fingerprint density at radius 3 is 2.41 bits per heavy atom. The molecule has 1 atom stereocenters. The highest BCUT2D eigenvalue weighted by Gasteiger charge is 2.29. The zero-order valence-corrected chi connectivity index (χ0v) is 18.6. The summed E-state index contributed by atoms with van der Waals surface area (Å²) in [5.41, 5.74) is 5.88. The van der Waals surface area contributed by atoms with Crippen LogP contribution in [0.15, 0.2) is 23.8 Å². The molecule has 1 aromatic rings. The van der Waals surface area contributed by atoms with Gasteiger partial charge in [0.05, 0.1) is 5.02 Å². The summed E-state index contributed by atoms with van der Waals surface area (Å²) in [5, 5.41) is 4.88. The Morgan fingerprint density at radius 1 is 1.22 bits per heavy atom. The van der Waals surface area contributed by atoms with Crippen molar-refractivity contribution in [1.29, 1.82) is 0 Å². The summed E-state index contributed by atoms with van der Waals surface area (Å²) in [7, 11) is 0. The fourth-order valence-corrected chi connectivity index (χ4v) is 4.56. The zero-order valence-electron chi connectivity index (χ0n) is 17.9. The van der Waals surface area contributed by atoms with Crippen molar-refractivity contribution in [2.75, 3.05) is 13.1 Å². The molecule has 1 unspecified atom stereocenters. The number of likely N-dealkylation sites (tertiary alicyclic amines) is 1. The van der Waals surface area contributed by atoms with Gasteiger partial charge >= 0.3 is 0 Å². The minimum absolute atomic E-state index is 0.271. The molecule has 3 rings (SSSR count). The van der Waals surface area contributed by atoms with E-state index < -0.39 is 0 Å². The van der Waals surface area contributed by atoms with Gasteiger partial charge in [-0.25, -0.2) is 0 Å². The second-order valence-electron chi connectivity index (χ2n) is 9.42. The summed E-state index contributed by atoms with van der Waals surface area (Å²) in [6.07, 6.45) is 7.29. The predicted molar refractivity (Wildman–Crippen MR) is 118 cm³/mol. The Kier molecular flexibility index (Phi) is 6.58. The molecule has 1 heterocycles. The fourth-order valence-electron chi connectivity index (χ4n) is 4.29. The summed E-state index contributed by atoms with van der Waals surface area (Å²) < 4.78 is 0. The molecule has 2 fully saturated rings. The van der Waals surface area contributed by atoms with Crippen LogP contribution in [0.3, 0.4) is 0 Å². The summed E-state index contributed by atoms with van der Waals surface area (Å²) in [5.74, 6) is 0.527. The number of nitrogens with one attached hydrogen (secondary N) is 1. The molecule has 1 aromatic carbocycles. The third-order valence-corrected chi connectivity index (χ3v) is 6.86. The average molecular weight is 389 g/mol. The quantitative estimate of drug-likeness (QED) is 0.611. The monoisotopic (exact) mass is 388 g/mol. The smallest absolute Gasteiger partial charge is 0.0501 e. The summed E-state index contributed by atoms with van der Waals surface area (Å²) in [6, 6.07) is 7.00. The lowest BCUT2D eigenvalue weighted by atomic mass is 9.84. The van der Waals surface area contributed by atoms with Gasteiger partial charge in [-0.2, -0.15) is 0 Å². The van der Waals surface area contributed by atoms with Gasteiger partial charge in [0.1, 0.15) is 0 Å². The van der Waals surface area contributed by atoms with Crippen LogP contribution in [0, 0.1) is 0 Å². The van der Waals surface area contributed by atoms with Gasteiger partial charge in [0.15, 0.2) is 0 Å². The lowest BCUT2D eigenvalue weighted by Crippen LogP contribution is -2.49. The molecule has 0 radical (unpaired) electrons. The van der Waals surface area contributed by atoms with E-state index in [1.807, 2.05) is 0 Å². The van der Waals surface area contributed by atoms with Crippen LogP contribution in [0.25, 0.3) is 5.70 Å². The summed E-state index contributed by atoms with van der Waals surface area (Å²) in [6.45, 7) is 13.9. The molecule has 2 nitrogen and oxygen atoms in total. The van der Waals surface area contributed by atoms with Crippen molar-refractivity contribution in [1.82, 2.24) is 10.2 Å². The van der Waals surface area contributed by atoms with Crippen molar-refractivity contribution < 1.29 is 0 Å². The number of nitrogens with zero attached hydrogens (tertiary/aromatic N) is 1. The highest BCUT2D eigenvalue weighted by atomic mass is 35.5. The van der Waals surface area contributed by atoms with E-state index in [1.54, 1.807) is 5.57 Å². The van der Waals surface area contributed by atoms with Crippen LogP contribution in [0.5, 0.6) is 0 Å². The van der Waals surface area contributed by atoms with Crippen molar-refractivity contribution in [3.63, 3.8) is 0 Å². The zero-order chi connectivity index (χ0) is 19.6. The van der Waals surface area contributed by atoms with E-state index in [-0.39, 0.29) is 5.54 Å². The highest BCUT2D eigenvalue weighted by Crippen LogP contribution is 2.39. The minimum Gasteiger partial charge on any atom is -0.382 e. The Balaban J connectivity index is 1.84. The second kappa shape index (κ2) is 8.57. The Labute approximate surface area is 171 Å². The number of piperidine rings is 1. The van der Waals surface area contributed by atoms with Gasteiger partial charge in [0.25, 0.3) is 0 Å². The maximum absolute atomic E-state index is 6.77. The molecule has 1 aliphatic heterocycles. The van der Waals surface area contributed by atoms with Crippen LogP contribution in [0.2, 0.25) is 5.02 Å². The lowest BCUT2D eigenvalue weighted by molar-refractivity contribution is 0.0993. The molecule has 0 aromatic heterocycles. The summed E-state index contributed by atoms with van der Waals surface area (Å²) in [4.78, 5) is 2.61. The molecule has 0 spiro atoms. The molecule has 1 aliphatic carbocycles. The van der Waals surface area contributed by atoms with E-state index in [9.17, 15) is 0 Å². The Bertz CT molecular complexity index is 672. The molecule has 150 valence electrons. The maximum atomic E-state index is 6.77. The topological polar surface area (TPSA) is 15.3 Å². The van der Waals surface area contributed by atoms with Gasteiger partial charge in [-0.05, 0) is 82.4 Å². The molecule has 3 heteroatoms. The Hall–Kier alpha value is -0.990. The van der Waals surface area contributed by atoms with Gasteiger partial charge in [-0.3, -0.25) is 4.90 Å². The van der Waals surface area contributed by atoms with Crippen LogP contribution < -0.4 is 5.32 Å². The maximum Gasteiger partial charge on any atom is 0.0501 e. The van der Waals surface area contributed by atoms with Gasteiger partial charge in [-0.1, -0.05) is 37.6 Å². The number of hydrogen-bond acceptors (Lipinski definition) is 2. The molecule has 0 amide bonds. The Morgan fingerprint density at radius 2 is 1.89 bits per heavy atom. The number of rotatable bonds is 5. The van der Waals surface area contributed by atoms with E-state index in [0.29, 0.717) is 12.0 Å². The molecule has 1 saturated carbocycles. The molecule has 1 saturated heterocycles.